The SMILES string of the molecule is CS(=O)(=O)C1CCCC(n2ccc3cccc(Cl)c32)C1. The van der Waals surface area contributed by atoms with E-state index in [1.165, 1.54) is 6.26 Å². The van der Waals surface area contributed by atoms with Crippen LogP contribution in [-0.4, -0.2) is 24.5 Å². The van der Waals surface area contributed by atoms with Gasteiger partial charge < -0.3 is 4.57 Å². The number of rotatable bonds is 2. The lowest BCUT2D eigenvalue weighted by molar-refractivity contribution is 0.360. The van der Waals surface area contributed by atoms with Crippen molar-refractivity contribution in [2.75, 3.05) is 6.26 Å². The highest BCUT2D eigenvalue weighted by Crippen LogP contribution is 2.36. The molecule has 2 aromatic rings. The second-order valence-corrected chi connectivity index (χ2v) is 8.41. The van der Waals surface area contributed by atoms with E-state index in [1.54, 1.807) is 0 Å². The van der Waals surface area contributed by atoms with Crippen LogP contribution in [-0.2, 0) is 9.84 Å². The molecule has 3 rings (SSSR count). The van der Waals surface area contributed by atoms with Gasteiger partial charge in [0.1, 0.15) is 9.84 Å². The predicted octanol–water partition coefficient (Wildman–Crippen LogP) is 3.82. The second-order valence-electron chi connectivity index (χ2n) is 5.67. The number of hydrogen-bond acceptors (Lipinski definition) is 2. The summed E-state index contributed by atoms with van der Waals surface area (Å²) >= 11 is 6.31. The molecular formula is C15H18ClNO2S. The van der Waals surface area contributed by atoms with Crippen LogP contribution in [0.3, 0.4) is 0 Å². The van der Waals surface area contributed by atoms with Crippen LogP contribution >= 0.6 is 11.6 Å². The predicted molar refractivity (Wildman–Crippen MR) is 83.1 cm³/mol. The molecule has 108 valence electrons. The summed E-state index contributed by atoms with van der Waals surface area (Å²) in [4.78, 5) is 0. The van der Waals surface area contributed by atoms with Crippen molar-refractivity contribution in [1.29, 1.82) is 0 Å². The normalized spacial score (nSPS) is 24.1. The van der Waals surface area contributed by atoms with Gasteiger partial charge >= 0.3 is 0 Å². The van der Waals surface area contributed by atoms with E-state index in [9.17, 15) is 8.42 Å². The van der Waals surface area contributed by atoms with Gasteiger partial charge in [-0.05, 0) is 31.4 Å². The molecule has 0 spiro atoms. The summed E-state index contributed by atoms with van der Waals surface area (Å²) in [6.07, 6.45) is 6.82. The van der Waals surface area contributed by atoms with Crippen LogP contribution in [0.1, 0.15) is 31.7 Å². The summed E-state index contributed by atoms with van der Waals surface area (Å²) in [5.74, 6) is 0. The van der Waals surface area contributed by atoms with Crippen molar-refractivity contribution in [3.63, 3.8) is 0 Å². The Morgan fingerprint density at radius 2 is 2.05 bits per heavy atom. The first-order valence-corrected chi connectivity index (χ1v) is 9.24. The van der Waals surface area contributed by atoms with Crippen LogP contribution in [0.25, 0.3) is 10.9 Å². The average Bonchev–Trinajstić information content (AvgIpc) is 2.83. The van der Waals surface area contributed by atoms with Gasteiger partial charge in [0, 0.05) is 23.9 Å². The van der Waals surface area contributed by atoms with Gasteiger partial charge in [0.05, 0.1) is 15.8 Å². The molecule has 20 heavy (non-hydrogen) atoms. The first-order valence-electron chi connectivity index (χ1n) is 6.91. The van der Waals surface area contributed by atoms with Crippen LogP contribution in [0.2, 0.25) is 5.02 Å². The molecule has 1 fully saturated rings. The van der Waals surface area contributed by atoms with Crippen molar-refractivity contribution in [3.05, 3.63) is 35.5 Å². The summed E-state index contributed by atoms with van der Waals surface area (Å²) in [6, 6.07) is 8.13. The first kappa shape index (κ1) is 14.0. The van der Waals surface area contributed by atoms with Gasteiger partial charge in [0.15, 0.2) is 0 Å². The van der Waals surface area contributed by atoms with E-state index in [2.05, 4.69) is 4.57 Å². The Kier molecular flexibility index (Phi) is 3.55. The van der Waals surface area contributed by atoms with E-state index in [4.69, 9.17) is 11.6 Å². The molecule has 2 atom stereocenters. The van der Waals surface area contributed by atoms with E-state index in [0.29, 0.717) is 6.42 Å². The smallest absolute Gasteiger partial charge is 0.150 e. The van der Waals surface area contributed by atoms with Crippen molar-refractivity contribution in [1.82, 2.24) is 4.57 Å². The third kappa shape index (κ3) is 2.47. The third-order valence-electron chi connectivity index (χ3n) is 4.29. The molecule has 0 radical (unpaired) electrons. The molecule has 1 saturated carbocycles. The molecule has 1 heterocycles. The molecule has 1 aliphatic rings. The van der Waals surface area contributed by atoms with Gasteiger partial charge in [0.2, 0.25) is 0 Å². The monoisotopic (exact) mass is 311 g/mol. The Hall–Kier alpha value is -1.00. The van der Waals surface area contributed by atoms with E-state index < -0.39 is 9.84 Å². The van der Waals surface area contributed by atoms with E-state index in [-0.39, 0.29) is 11.3 Å². The van der Waals surface area contributed by atoms with E-state index in [1.807, 2.05) is 30.5 Å². The molecule has 0 amide bonds. The Morgan fingerprint density at radius 1 is 1.25 bits per heavy atom. The fourth-order valence-electron chi connectivity index (χ4n) is 3.24. The number of benzene rings is 1. The van der Waals surface area contributed by atoms with E-state index in [0.717, 1.165) is 35.2 Å². The highest BCUT2D eigenvalue weighted by atomic mass is 35.5. The summed E-state index contributed by atoms with van der Waals surface area (Å²) in [7, 11) is -2.96. The van der Waals surface area contributed by atoms with Gasteiger partial charge in [-0.15, -0.1) is 0 Å². The Morgan fingerprint density at radius 3 is 2.80 bits per heavy atom. The lowest BCUT2D eigenvalue weighted by Gasteiger charge is -2.29. The summed E-state index contributed by atoms with van der Waals surface area (Å²) in [5.41, 5.74) is 1.02. The van der Waals surface area contributed by atoms with Gasteiger partial charge in [-0.25, -0.2) is 8.42 Å². The summed E-state index contributed by atoms with van der Waals surface area (Å²) < 4.78 is 25.8. The van der Waals surface area contributed by atoms with Crippen molar-refractivity contribution < 1.29 is 8.42 Å². The maximum Gasteiger partial charge on any atom is 0.150 e. The fraction of sp³-hybridized carbons (Fsp3) is 0.467. The lowest BCUT2D eigenvalue weighted by atomic mass is 9.94. The molecule has 0 bridgehead atoms. The minimum absolute atomic E-state index is 0.221. The number of fused-ring (bicyclic) bond motifs is 1. The molecule has 0 N–H and O–H groups in total. The van der Waals surface area contributed by atoms with Crippen LogP contribution in [0.4, 0.5) is 0 Å². The Labute approximate surface area is 124 Å². The highest BCUT2D eigenvalue weighted by Gasteiger charge is 2.30. The first-order chi connectivity index (χ1) is 9.47. The molecule has 2 unspecified atom stereocenters. The maximum absolute atomic E-state index is 11.8. The summed E-state index contributed by atoms with van der Waals surface area (Å²) in [6.45, 7) is 0. The molecule has 1 aliphatic carbocycles. The zero-order chi connectivity index (χ0) is 14.3. The number of aromatic nitrogens is 1. The topological polar surface area (TPSA) is 39.1 Å². The molecule has 0 aliphatic heterocycles. The van der Waals surface area contributed by atoms with Gasteiger partial charge in [-0.1, -0.05) is 30.2 Å². The maximum atomic E-state index is 11.8. The number of nitrogens with zero attached hydrogens (tertiary/aromatic N) is 1. The van der Waals surface area contributed by atoms with Gasteiger partial charge in [-0.2, -0.15) is 0 Å². The highest BCUT2D eigenvalue weighted by molar-refractivity contribution is 7.91. The number of hydrogen-bond donors (Lipinski definition) is 0. The van der Waals surface area contributed by atoms with Crippen LogP contribution in [0.15, 0.2) is 30.5 Å². The van der Waals surface area contributed by atoms with Crippen LogP contribution < -0.4 is 0 Å². The molecule has 5 heteroatoms. The lowest BCUT2D eigenvalue weighted by Crippen LogP contribution is -2.28. The molecule has 0 saturated heterocycles. The number of sulfone groups is 1. The van der Waals surface area contributed by atoms with Crippen molar-refractivity contribution in [3.8, 4) is 0 Å². The Bertz CT molecular complexity index is 735. The number of para-hydroxylation sites is 1. The standard InChI is InChI=1S/C15H18ClNO2S/c1-20(18,19)13-6-3-5-12(10-13)17-9-8-11-4-2-7-14(16)15(11)17/h2,4,7-9,12-13H,3,5-6,10H2,1H3. The summed E-state index contributed by atoms with van der Waals surface area (Å²) in [5, 5.41) is 1.62. The van der Waals surface area contributed by atoms with Gasteiger partial charge in [0.25, 0.3) is 0 Å². The zero-order valence-electron chi connectivity index (χ0n) is 11.4. The van der Waals surface area contributed by atoms with Crippen LogP contribution in [0, 0.1) is 0 Å². The number of halogens is 1. The molecule has 3 nitrogen and oxygen atoms in total. The minimum Gasteiger partial charge on any atom is -0.343 e. The van der Waals surface area contributed by atoms with Crippen molar-refractivity contribution in [2.24, 2.45) is 0 Å². The Balaban J connectivity index is 1.99. The third-order valence-corrected chi connectivity index (χ3v) is 6.23. The second kappa shape index (κ2) is 5.08. The average molecular weight is 312 g/mol. The molecule has 1 aromatic heterocycles. The molecular weight excluding hydrogens is 294 g/mol. The quantitative estimate of drug-likeness (QED) is 0.845. The van der Waals surface area contributed by atoms with Crippen LogP contribution in [0.5, 0.6) is 0 Å². The molecule has 1 aromatic carbocycles. The van der Waals surface area contributed by atoms with Crippen molar-refractivity contribution in [2.45, 2.75) is 37.0 Å². The van der Waals surface area contributed by atoms with E-state index >= 15 is 0 Å². The van der Waals surface area contributed by atoms with Gasteiger partial charge in [-0.3, -0.25) is 0 Å². The van der Waals surface area contributed by atoms with Crippen molar-refractivity contribution >= 4 is 32.3 Å². The minimum atomic E-state index is -2.96. The largest absolute Gasteiger partial charge is 0.343 e. The fourth-order valence-corrected chi connectivity index (χ4v) is 4.69. The zero-order valence-corrected chi connectivity index (χ0v) is 13.0.